The van der Waals surface area contributed by atoms with E-state index < -0.39 is 0 Å². The van der Waals surface area contributed by atoms with Crippen molar-refractivity contribution in [3.63, 3.8) is 0 Å². The molecule has 7 heteroatoms. The van der Waals surface area contributed by atoms with Crippen LogP contribution in [-0.2, 0) is 22.4 Å². The Hall–Kier alpha value is -3.09. The Morgan fingerprint density at radius 2 is 1.65 bits per heavy atom. The summed E-state index contributed by atoms with van der Waals surface area (Å²) in [4.78, 5) is 23.7. The molecule has 0 atom stereocenters. The fraction of sp³-hybridized carbons (Fsp3) is 0.263. The number of rotatable bonds is 7. The van der Waals surface area contributed by atoms with Gasteiger partial charge in [0.25, 0.3) is 0 Å². The quantitative estimate of drug-likeness (QED) is 0.742. The van der Waals surface area contributed by atoms with Gasteiger partial charge in [-0.3, -0.25) is 20.4 Å². The molecule has 0 aromatic heterocycles. The number of carbonyl (C=O) groups is 2. The molecule has 0 aliphatic heterocycles. The standard InChI is InChI=1S/C19H21FN2O4/c1-25-16-5-3-4-14(19(16)26-2)8-11-17(23)21-22-18(24)12-13-6-9-15(20)10-7-13/h3-7,9-10H,8,11-12H2,1-2H3,(H,21,23)(H,22,24). The minimum absolute atomic E-state index is 0.0459. The number of ether oxygens (including phenoxy) is 2. The van der Waals surface area contributed by atoms with Gasteiger partial charge in [-0.1, -0.05) is 24.3 Å². The van der Waals surface area contributed by atoms with Gasteiger partial charge < -0.3 is 9.47 Å². The molecule has 0 saturated carbocycles. The van der Waals surface area contributed by atoms with E-state index in [0.717, 1.165) is 5.56 Å². The summed E-state index contributed by atoms with van der Waals surface area (Å²) in [6.45, 7) is 0. The van der Waals surface area contributed by atoms with E-state index >= 15 is 0 Å². The zero-order valence-electron chi connectivity index (χ0n) is 14.7. The third-order valence-corrected chi connectivity index (χ3v) is 3.73. The number of methoxy groups -OCH3 is 2. The predicted molar refractivity (Wildman–Crippen MR) is 94.3 cm³/mol. The van der Waals surface area contributed by atoms with E-state index in [0.29, 0.717) is 23.5 Å². The van der Waals surface area contributed by atoms with Gasteiger partial charge in [0.05, 0.1) is 20.6 Å². The molecule has 0 radical (unpaired) electrons. The maximum Gasteiger partial charge on any atom is 0.242 e. The first-order chi connectivity index (χ1) is 12.5. The molecular weight excluding hydrogens is 339 g/mol. The second-order valence-corrected chi connectivity index (χ2v) is 5.55. The second kappa shape index (κ2) is 9.41. The van der Waals surface area contributed by atoms with Gasteiger partial charge in [0.15, 0.2) is 11.5 Å². The summed E-state index contributed by atoms with van der Waals surface area (Å²) in [5.74, 6) is 0.0998. The second-order valence-electron chi connectivity index (χ2n) is 5.55. The zero-order chi connectivity index (χ0) is 18.9. The summed E-state index contributed by atoms with van der Waals surface area (Å²) >= 11 is 0. The van der Waals surface area contributed by atoms with Crippen molar-refractivity contribution in [3.8, 4) is 11.5 Å². The Morgan fingerprint density at radius 1 is 0.962 bits per heavy atom. The summed E-state index contributed by atoms with van der Waals surface area (Å²) in [6, 6.07) is 11.0. The summed E-state index contributed by atoms with van der Waals surface area (Å²) in [6.07, 6.45) is 0.644. The maximum absolute atomic E-state index is 12.8. The van der Waals surface area contributed by atoms with Gasteiger partial charge in [0.1, 0.15) is 5.82 Å². The molecule has 0 aliphatic rings. The number of para-hydroxylation sites is 1. The minimum Gasteiger partial charge on any atom is -0.493 e. The van der Waals surface area contributed by atoms with Crippen molar-refractivity contribution in [3.05, 3.63) is 59.4 Å². The molecule has 0 aliphatic carbocycles. The van der Waals surface area contributed by atoms with Crippen LogP contribution in [-0.4, -0.2) is 26.0 Å². The first kappa shape index (κ1) is 19.2. The Kier molecular flexibility index (Phi) is 6.96. The number of aryl methyl sites for hydroxylation is 1. The zero-order valence-corrected chi connectivity index (χ0v) is 14.7. The largest absolute Gasteiger partial charge is 0.493 e. The van der Waals surface area contributed by atoms with E-state index in [2.05, 4.69) is 10.9 Å². The molecule has 2 N–H and O–H groups in total. The molecule has 6 nitrogen and oxygen atoms in total. The molecule has 2 amide bonds. The van der Waals surface area contributed by atoms with Crippen LogP contribution in [0, 0.1) is 5.82 Å². The Labute approximate surface area is 151 Å². The van der Waals surface area contributed by atoms with Gasteiger partial charge >= 0.3 is 0 Å². The van der Waals surface area contributed by atoms with Crippen LogP contribution in [0.4, 0.5) is 4.39 Å². The Bertz CT molecular complexity index is 763. The number of carbonyl (C=O) groups excluding carboxylic acids is 2. The summed E-state index contributed by atoms with van der Waals surface area (Å²) in [5, 5.41) is 0. The van der Waals surface area contributed by atoms with Gasteiger partial charge in [-0.2, -0.15) is 0 Å². The highest BCUT2D eigenvalue weighted by molar-refractivity contribution is 5.83. The lowest BCUT2D eigenvalue weighted by atomic mass is 10.1. The van der Waals surface area contributed by atoms with Crippen LogP contribution in [0.15, 0.2) is 42.5 Å². The number of amides is 2. The molecule has 2 aromatic carbocycles. The molecule has 0 saturated heterocycles. The van der Waals surface area contributed by atoms with Crippen LogP contribution < -0.4 is 20.3 Å². The first-order valence-electron chi connectivity index (χ1n) is 8.05. The van der Waals surface area contributed by atoms with Gasteiger partial charge in [-0.15, -0.1) is 0 Å². The van der Waals surface area contributed by atoms with Crippen LogP contribution >= 0.6 is 0 Å². The summed E-state index contributed by atoms with van der Waals surface area (Å²) < 4.78 is 23.4. The normalized spacial score (nSPS) is 10.1. The predicted octanol–water partition coefficient (Wildman–Crippen LogP) is 2.17. The Balaban J connectivity index is 1.80. The van der Waals surface area contributed by atoms with Crippen molar-refractivity contribution in [1.82, 2.24) is 10.9 Å². The molecule has 2 rings (SSSR count). The van der Waals surface area contributed by atoms with E-state index in [1.807, 2.05) is 12.1 Å². The van der Waals surface area contributed by atoms with E-state index in [1.54, 1.807) is 13.2 Å². The lowest BCUT2D eigenvalue weighted by Gasteiger charge is -2.12. The minimum atomic E-state index is -0.385. The number of hydrazine groups is 1. The average Bonchev–Trinajstić information content (AvgIpc) is 2.66. The van der Waals surface area contributed by atoms with Crippen LogP contribution in [0.2, 0.25) is 0 Å². The molecule has 26 heavy (non-hydrogen) atoms. The van der Waals surface area contributed by atoms with Gasteiger partial charge in [-0.05, 0) is 35.7 Å². The number of nitrogens with one attached hydrogen (secondary N) is 2. The molecule has 0 spiro atoms. The van der Waals surface area contributed by atoms with Crippen LogP contribution in [0.3, 0.4) is 0 Å². The third-order valence-electron chi connectivity index (χ3n) is 3.73. The summed E-state index contributed by atoms with van der Waals surface area (Å²) in [7, 11) is 3.09. The van der Waals surface area contributed by atoms with Gasteiger partial charge in [0, 0.05) is 6.42 Å². The molecular formula is C19H21FN2O4. The fourth-order valence-electron chi connectivity index (χ4n) is 2.43. The molecule has 138 valence electrons. The highest BCUT2D eigenvalue weighted by Gasteiger charge is 2.12. The van der Waals surface area contributed by atoms with Crippen molar-refractivity contribution < 1.29 is 23.5 Å². The molecule has 0 unspecified atom stereocenters. The lowest BCUT2D eigenvalue weighted by Crippen LogP contribution is -2.42. The highest BCUT2D eigenvalue weighted by atomic mass is 19.1. The number of hydrogen-bond donors (Lipinski definition) is 2. The van der Waals surface area contributed by atoms with E-state index in [-0.39, 0.29) is 30.5 Å². The van der Waals surface area contributed by atoms with Crippen molar-refractivity contribution in [1.29, 1.82) is 0 Å². The maximum atomic E-state index is 12.8. The van der Waals surface area contributed by atoms with Crippen molar-refractivity contribution >= 4 is 11.8 Å². The van der Waals surface area contributed by atoms with Crippen LogP contribution in [0.25, 0.3) is 0 Å². The van der Waals surface area contributed by atoms with Crippen molar-refractivity contribution in [2.75, 3.05) is 14.2 Å². The molecule has 2 aromatic rings. The van der Waals surface area contributed by atoms with Crippen LogP contribution in [0.5, 0.6) is 11.5 Å². The van der Waals surface area contributed by atoms with Gasteiger partial charge in [-0.25, -0.2) is 4.39 Å². The van der Waals surface area contributed by atoms with Crippen LogP contribution in [0.1, 0.15) is 17.5 Å². The number of hydrogen-bond acceptors (Lipinski definition) is 4. The topological polar surface area (TPSA) is 76.7 Å². The smallest absolute Gasteiger partial charge is 0.242 e. The van der Waals surface area contributed by atoms with Crippen molar-refractivity contribution in [2.24, 2.45) is 0 Å². The third kappa shape index (κ3) is 5.47. The lowest BCUT2D eigenvalue weighted by molar-refractivity contribution is -0.128. The summed E-state index contributed by atoms with van der Waals surface area (Å²) in [5.41, 5.74) is 6.20. The monoisotopic (exact) mass is 360 g/mol. The Morgan fingerprint density at radius 3 is 2.31 bits per heavy atom. The molecule has 0 bridgehead atoms. The van der Waals surface area contributed by atoms with Gasteiger partial charge in [0.2, 0.25) is 11.8 Å². The average molecular weight is 360 g/mol. The highest BCUT2D eigenvalue weighted by Crippen LogP contribution is 2.31. The van der Waals surface area contributed by atoms with E-state index in [1.165, 1.54) is 31.4 Å². The first-order valence-corrected chi connectivity index (χ1v) is 8.05. The molecule has 0 fully saturated rings. The van der Waals surface area contributed by atoms with E-state index in [9.17, 15) is 14.0 Å². The molecule has 0 heterocycles. The number of benzene rings is 2. The van der Waals surface area contributed by atoms with Crippen molar-refractivity contribution in [2.45, 2.75) is 19.3 Å². The fourth-order valence-corrected chi connectivity index (χ4v) is 2.43. The number of halogens is 1. The SMILES string of the molecule is COc1cccc(CCC(=O)NNC(=O)Cc2ccc(F)cc2)c1OC. The van der Waals surface area contributed by atoms with E-state index in [4.69, 9.17) is 9.47 Å².